The molecule has 0 aromatic heterocycles. The van der Waals surface area contributed by atoms with Gasteiger partial charge >= 0.3 is 0 Å². The second-order valence-electron chi connectivity index (χ2n) is 1.83. The number of nitriles is 1. The molecule has 0 amide bonds. The first-order valence-corrected chi connectivity index (χ1v) is 3.46. The van der Waals surface area contributed by atoms with Crippen LogP contribution in [-0.2, 0) is 0 Å². The van der Waals surface area contributed by atoms with Gasteiger partial charge in [-0.3, -0.25) is 0 Å². The molecule has 11 heavy (non-hydrogen) atoms. The van der Waals surface area contributed by atoms with E-state index in [1.807, 2.05) is 0 Å². The van der Waals surface area contributed by atoms with E-state index >= 15 is 0 Å². The maximum Gasteiger partial charge on any atom is 0.143 e. The van der Waals surface area contributed by atoms with Crippen LogP contribution in [0.1, 0.15) is 5.56 Å². The van der Waals surface area contributed by atoms with Crippen molar-refractivity contribution < 1.29 is 4.39 Å². The van der Waals surface area contributed by atoms with Crippen molar-refractivity contribution in [1.29, 1.82) is 5.26 Å². The largest absolute Gasteiger partial charge is 0.205 e. The number of rotatable bonds is 0. The normalized spacial score (nSPS) is 9.27. The highest BCUT2D eigenvalue weighted by Crippen LogP contribution is 2.25. The van der Waals surface area contributed by atoms with Crippen molar-refractivity contribution in [2.75, 3.05) is 0 Å². The Morgan fingerprint density at radius 3 is 2.45 bits per heavy atom. The fourth-order valence-corrected chi connectivity index (χ4v) is 1.08. The van der Waals surface area contributed by atoms with Gasteiger partial charge in [-0.2, -0.15) is 5.26 Å². The Kier molecular flexibility index (Phi) is 2.33. The lowest BCUT2D eigenvalue weighted by atomic mass is 10.2. The third kappa shape index (κ3) is 1.45. The molecule has 0 radical (unpaired) electrons. The Bertz CT molecular complexity index is 330. The fourth-order valence-electron chi connectivity index (χ4n) is 0.630. The molecule has 4 heteroatoms. The molecule has 56 valence electrons. The predicted molar refractivity (Wildman–Crippen MR) is 41.1 cm³/mol. The average molecular weight is 190 g/mol. The molecule has 1 aromatic carbocycles. The van der Waals surface area contributed by atoms with Gasteiger partial charge in [0, 0.05) is 0 Å². The summed E-state index contributed by atoms with van der Waals surface area (Å²) < 4.78 is 12.6. The monoisotopic (exact) mass is 189 g/mol. The smallest absolute Gasteiger partial charge is 0.143 e. The van der Waals surface area contributed by atoms with Crippen LogP contribution in [0.2, 0.25) is 10.0 Å². The van der Waals surface area contributed by atoms with Crippen molar-refractivity contribution >= 4 is 23.2 Å². The van der Waals surface area contributed by atoms with E-state index in [1.165, 1.54) is 6.07 Å². The molecule has 0 N–H and O–H groups in total. The molecule has 0 heterocycles. The van der Waals surface area contributed by atoms with E-state index in [2.05, 4.69) is 0 Å². The highest BCUT2D eigenvalue weighted by Gasteiger charge is 2.08. The number of nitrogens with zero attached hydrogens (tertiary/aromatic N) is 1. The molecule has 0 saturated heterocycles. The second-order valence-corrected chi connectivity index (χ2v) is 2.62. The minimum Gasteiger partial charge on any atom is -0.205 e. The zero-order chi connectivity index (χ0) is 8.43. The third-order valence-corrected chi connectivity index (χ3v) is 1.84. The van der Waals surface area contributed by atoms with Gasteiger partial charge in [0.25, 0.3) is 0 Å². The summed E-state index contributed by atoms with van der Waals surface area (Å²) in [6, 6.07) is 4.11. The zero-order valence-corrected chi connectivity index (χ0v) is 6.75. The summed E-state index contributed by atoms with van der Waals surface area (Å²) in [6.45, 7) is 0. The van der Waals surface area contributed by atoms with Crippen molar-refractivity contribution in [3.8, 4) is 6.07 Å². The molecule has 0 saturated carbocycles. The van der Waals surface area contributed by atoms with Crippen molar-refractivity contribution in [2.24, 2.45) is 0 Å². The van der Waals surface area contributed by atoms with Crippen LogP contribution >= 0.6 is 23.2 Å². The van der Waals surface area contributed by atoms with Crippen molar-refractivity contribution in [3.63, 3.8) is 0 Å². The maximum atomic E-state index is 12.6. The van der Waals surface area contributed by atoms with Gasteiger partial charge < -0.3 is 0 Å². The van der Waals surface area contributed by atoms with Crippen molar-refractivity contribution in [3.05, 3.63) is 33.6 Å². The Hall–Kier alpha value is -0.780. The third-order valence-electron chi connectivity index (χ3n) is 1.16. The first-order chi connectivity index (χ1) is 5.16. The molecule has 1 nitrogen and oxygen atoms in total. The van der Waals surface area contributed by atoms with Crippen LogP contribution in [0.15, 0.2) is 12.1 Å². The zero-order valence-electron chi connectivity index (χ0n) is 5.24. The first kappa shape index (κ1) is 8.32. The Morgan fingerprint density at radius 1 is 1.36 bits per heavy atom. The molecular formula is C7H2Cl2FN. The lowest BCUT2D eigenvalue weighted by molar-refractivity contribution is 0.628. The van der Waals surface area contributed by atoms with Gasteiger partial charge in [-0.05, 0) is 12.1 Å². The van der Waals surface area contributed by atoms with E-state index in [0.29, 0.717) is 0 Å². The van der Waals surface area contributed by atoms with Crippen LogP contribution in [-0.4, -0.2) is 0 Å². The van der Waals surface area contributed by atoms with Crippen molar-refractivity contribution in [2.45, 2.75) is 0 Å². The Morgan fingerprint density at radius 2 is 2.00 bits per heavy atom. The maximum absolute atomic E-state index is 12.6. The van der Waals surface area contributed by atoms with Crippen LogP contribution in [0.25, 0.3) is 0 Å². The van der Waals surface area contributed by atoms with Gasteiger partial charge in [-0.25, -0.2) is 4.39 Å². The first-order valence-electron chi connectivity index (χ1n) is 2.70. The minimum absolute atomic E-state index is 0.0201. The molecule has 1 aromatic rings. The quantitative estimate of drug-likeness (QED) is 0.576. The summed E-state index contributed by atoms with van der Waals surface area (Å²) in [4.78, 5) is 0. The van der Waals surface area contributed by atoms with Crippen molar-refractivity contribution in [1.82, 2.24) is 0 Å². The van der Waals surface area contributed by atoms with Gasteiger partial charge in [0.1, 0.15) is 11.9 Å². The summed E-state index contributed by atoms with van der Waals surface area (Å²) in [6.07, 6.45) is 0. The summed E-state index contributed by atoms with van der Waals surface area (Å²) in [5.74, 6) is -0.632. The number of halogens is 3. The standard InChI is InChI=1S/C7H2Cl2FN/c8-5-1-2-6(10)7(9)4(5)3-11/h1-2H. The molecule has 0 fully saturated rings. The van der Waals surface area contributed by atoms with Gasteiger partial charge in [0.15, 0.2) is 0 Å². The lowest BCUT2D eigenvalue weighted by Gasteiger charge is -1.97. The Balaban J connectivity index is 3.44. The van der Waals surface area contributed by atoms with E-state index in [-0.39, 0.29) is 15.6 Å². The molecule has 0 unspecified atom stereocenters. The molecule has 0 aliphatic heterocycles. The molecule has 0 spiro atoms. The molecule has 1 rings (SSSR count). The molecule has 0 bridgehead atoms. The molecular weight excluding hydrogens is 188 g/mol. The SMILES string of the molecule is N#Cc1c(Cl)ccc(F)c1Cl. The van der Waals surface area contributed by atoms with Crippen LogP contribution in [0, 0.1) is 17.1 Å². The van der Waals surface area contributed by atoms with Crippen LogP contribution < -0.4 is 0 Å². The predicted octanol–water partition coefficient (Wildman–Crippen LogP) is 3.00. The highest BCUT2D eigenvalue weighted by atomic mass is 35.5. The number of benzene rings is 1. The summed E-state index contributed by atoms with van der Waals surface area (Å²) >= 11 is 10.9. The lowest BCUT2D eigenvalue weighted by Crippen LogP contribution is -1.83. The topological polar surface area (TPSA) is 23.8 Å². The second kappa shape index (κ2) is 3.08. The van der Waals surface area contributed by atoms with E-state index in [4.69, 9.17) is 28.5 Å². The molecule has 0 aliphatic rings. The summed E-state index contributed by atoms with van der Waals surface area (Å²) in [7, 11) is 0. The van der Waals surface area contributed by atoms with Gasteiger partial charge in [0.05, 0.1) is 15.6 Å². The number of hydrogen-bond acceptors (Lipinski definition) is 1. The van der Waals surface area contributed by atoms with Crippen LogP contribution in [0.4, 0.5) is 4.39 Å². The van der Waals surface area contributed by atoms with Crippen LogP contribution in [0.3, 0.4) is 0 Å². The average Bonchev–Trinajstić information content (AvgIpc) is 1.99. The van der Waals surface area contributed by atoms with Gasteiger partial charge in [0.2, 0.25) is 0 Å². The number of hydrogen-bond donors (Lipinski definition) is 0. The Labute approximate surface area is 73.0 Å². The van der Waals surface area contributed by atoms with Gasteiger partial charge in [-0.15, -0.1) is 0 Å². The summed E-state index contributed by atoms with van der Waals surface area (Å²) in [5.41, 5.74) is -0.0201. The van der Waals surface area contributed by atoms with E-state index < -0.39 is 5.82 Å². The van der Waals surface area contributed by atoms with Gasteiger partial charge in [-0.1, -0.05) is 23.2 Å². The van der Waals surface area contributed by atoms with E-state index in [9.17, 15) is 4.39 Å². The minimum atomic E-state index is -0.632. The fraction of sp³-hybridized carbons (Fsp3) is 0. The summed E-state index contributed by atoms with van der Waals surface area (Å²) in [5, 5.41) is 8.38. The molecule has 0 aliphatic carbocycles. The molecule has 0 atom stereocenters. The van der Waals surface area contributed by atoms with E-state index in [1.54, 1.807) is 6.07 Å². The van der Waals surface area contributed by atoms with Crippen LogP contribution in [0.5, 0.6) is 0 Å². The van der Waals surface area contributed by atoms with E-state index in [0.717, 1.165) is 6.07 Å². The highest BCUT2D eigenvalue weighted by molar-refractivity contribution is 6.36.